The maximum atomic E-state index is 12.6. The summed E-state index contributed by atoms with van der Waals surface area (Å²) >= 11 is 4.39. The zero-order chi connectivity index (χ0) is 21.2. The van der Waals surface area contributed by atoms with Gasteiger partial charge >= 0.3 is 0 Å². The van der Waals surface area contributed by atoms with Gasteiger partial charge in [0.05, 0.1) is 21.6 Å². The minimum atomic E-state index is -3.80. The van der Waals surface area contributed by atoms with E-state index in [1.165, 1.54) is 24.3 Å². The minimum Gasteiger partial charge on any atom is -0.325 e. The van der Waals surface area contributed by atoms with Crippen molar-refractivity contribution in [2.24, 2.45) is 5.14 Å². The number of benzene rings is 2. The highest BCUT2D eigenvalue weighted by molar-refractivity contribution is 9.10. The van der Waals surface area contributed by atoms with E-state index in [2.05, 4.69) is 21.2 Å². The Labute approximate surface area is 180 Å². The zero-order valence-corrected chi connectivity index (χ0v) is 18.1. The molecule has 0 spiro atoms. The number of nitrogens with zero attached hydrogens (tertiary/aromatic N) is 1. The van der Waals surface area contributed by atoms with E-state index < -0.39 is 15.3 Å². The van der Waals surface area contributed by atoms with Gasteiger partial charge in [0.15, 0.2) is 0 Å². The SMILES string of the molecule is NS(=O)(=O)c1ccc(NC(=O)CSC2CC(=O)N(c3ccc(Br)cc3)C2=O)cc1. The molecule has 2 aromatic rings. The Kier molecular flexibility index (Phi) is 6.42. The van der Waals surface area contributed by atoms with Gasteiger partial charge in [0, 0.05) is 16.6 Å². The van der Waals surface area contributed by atoms with Crippen LogP contribution in [-0.2, 0) is 24.4 Å². The number of imide groups is 1. The van der Waals surface area contributed by atoms with Gasteiger partial charge in [-0.3, -0.25) is 14.4 Å². The Morgan fingerprint density at radius 3 is 2.34 bits per heavy atom. The molecule has 152 valence electrons. The first-order valence-electron chi connectivity index (χ1n) is 8.32. The quantitative estimate of drug-likeness (QED) is 0.588. The number of sulfonamides is 1. The maximum Gasteiger partial charge on any atom is 0.247 e. The number of hydrogen-bond donors (Lipinski definition) is 2. The van der Waals surface area contributed by atoms with Gasteiger partial charge in [-0.15, -0.1) is 11.8 Å². The Morgan fingerprint density at radius 1 is 1.14 bits per heavy atom. The number of primary sulfonamides is 1. The van der Waals surface area contributed by atoms with Crippen LogP contribution in [0.2, 0.25) is 0 Å². The van der Waals surface area contributed by atoms with Crippen LogP contribution < -0.4 is 15.4 Å². The predicted molar refractivity (Wildman–Crippen MR) is 114 cm³/mol. The molecule has 1 saturated heterocycles. The van der Waals surface area contributed by atoms with Crippen molar-refractivity contribution in [3.05, 3.63) is 53.0 Å². The third-order valence-corrected chi connectivity index (χ3v) is 6.73. The van der Waals surface area contributed by atoms with Crippen molar-refractivity contribution in [2.45, 2.75) is 16.6 Å². The number of carbonyl (C=O) groups excluding carboxylic acids is 3. The molecule has 0 radical (unpaired) electrons. The van der Waals surface area contributed by atoms with E-state index >= 15 is 0 Å². The molecule has 11 heteroatoms. The van der Waals surface area contributed by atoms with Gasteiger partial charge < -0.3 is 5.32 Å². The lowest BCUT2D eigenvalue weighted by Crippen LogP contribution is -2.31. The van der Waals surface area contributed by atoms with Crippen LogP contribution in [0, 0.1) is 0 Å². The van der Waals surface area contributed by atoms with E-state index in [0.717, 1.165) is 21.1 Å². The van der Waals surface area contributed by atoms with E-state index in [9.17, 15) is 22.8 Å². The predicted octanol–water partition coefficient (Wildman–Crippen LogP) is 2.10. The molecule has 1 aliphatic heterocycles. The summed E-state index contributed by atoms with van der Waals surface area (Å²) in [6.45, 7) is 0. The largest absolute Gasteiger partial charge is 0.325 e. The van der Waals surface area contributed by atoms with Gasteiger partial charge in [-0.1, -0.05) is 15.9 Å². The zero-order valence-electron chi connectivity index (χ0n) is 14.9. The van der Waals surface area contributed by atoms with E-state index in [4.69, 9.17) is 5.14 Å². The first-order valence-corrected chi connectivity index (χ1v) is 11.7. The Balaban J connectivity index is 1.57. The number of halogens is 1. The second-order valence-corrected chi connectivity index (χ2v) is 9.83. The lowest BCUT2D eigenvalue weighted by molar-refractivity contribution is -0.121. The van der Waals surface area contributed by atoms with Crippen molar-refractivity contribution in [3.63, 3.8) is 0 Å². The molecule has 0 bridgehead atoms. The van der Waals surface area contributed by atoms with Gasteiger partial charge in [0.2, 0.25) is 27.7 Å². The van der Waals surface area contributed by atoms with Gasteiger partial charge in [-0.05, 0) is 48.5 Å². The second-order valence-electron chi connectivity index (χ2n) is 6.17. The number of nitrogens with one attached hydrogen (secondary N) is 1. The number of nitrogens with two attached hydrogens (primary N) is 1. The third kappa shape index (κ3) is 5.24. The molecule has 8 nitrogen and oxygen atoms in total. The second kappa shape index (κ2) is 8.66. The van der Waals surface area contributed by atoms with E-state index in [1.54, 1.807) is 24.3 Å². The van der Waals surface area contributed by atoms with Gasteiger partial charge in [-0.2, -0.15) is 0 Å². The molecule has 1 heterocycles. The van der Waals surface area contributed by atoms with Crippen molar-refractivity contribution < 1.29 is 22.8 Å². The van der Waals surface area contributed by atoms with Crippen molar-refractivity contribution in [3.8, 4) is 0 Å². The molecular weight excluding hydrogens is 482 g/mol. The molecular formula is C18H16BrN3O5S2. The first-order chi connectivity index (χ1) is 13.6. The van der Waals surface area contributed by atoms with Crippen molar-refractivity contribution >= 4 is 66.8 Å². The smallest absolute Gasteiger partial charge is 0.247 e. The fourth-order valence-corrected chi connectivity index (χ4v) is 4.41. The number of anilines is 2. The Morgan fingerprint density at radius 2 is 1.76 bits per heavy atom. The van der Waals surface area contributed by atoms with Crippen LogP contribution >= 0.6 is 27.7 Å². The van der Waals surface area contributed by atoms with Crippen LogP contribution in [0.25, 0.3) is 0 Å². The number of carbonyl (C=O) groups is 3. The summed E-state index contributed by atoms with van der Waals surface area (Å²) in [5, 5.41) is 7.00. The summed E-state index contributed by atoms with van der Waals surface area (Å²) in [4.78, 5) is 38.0. The monoisotopic (exact) mass is 497 g/mol. The number of thioether (sulfide) groups is 1. The summed E-state index contributed by atoms with van der Waals surface area (Å²) in [6, 6.07) is 12.2. The molecule has 29 heavy (non-hydrogen) atoms. The number of amides is 3. The van der Waals surface area contributed by atoms with Crippen LogP contribution in [-0.4, -0.2) is 37.1 Å². The normalized spacial score (nSPS) is 16.9. The molecule has 1 fully saturated rings. The lowest BCUT2D eigenvalue weighted by atomic mass is 10.3. The van der Waals surface area contributed by atoms with Crippen molar-refractivity contribution in [1.29, 1.82) is 0 Å². The standard InChI is InChI=1S/C18H16BrN3O5S2/c19-11-1-5-13(6-2-11)22-17(24)9-15(18(22)25)28-10-16(23)21-12-3-7-14(8-4-12)29(20,26)27/h1-8,15H,9-10H2,(H,21,23)(H2,20,26,27). The molecule has 1 atom stereocenters. The molecule has 0 aromatic heterocycles. The highest BCUT2D eigenvalue weighted by Gasteiger charge is 2.40. The van der Waals surface area contributed by atoms with E-state index in [0.29, 0.717) is 11.4 Å². The highest BCUT2D eigenvalue weighted by atomic mass is 79.9. The van der Waals surface area contributed by atoms with Gasteiger partial charge in [0.25, 0.3) is 0 Å². The fourth-order valence-electron chi connectivity index (χ4n) is 2.70. The van der Waals surface area contributed by atoms with Crippen molar-refractivity contribution in [1.82, 2.24) is 0 Å². The topological polar surface area (TPSA) is 127 Å². The van der Waals surface area contributed by atoms with Gasteiger partial charge in [-0.25, -0.2) is 18.5 Å². The summed E-state index contributed by atoms with van der Waals surface area (Å²) in [7, 11) is -3.80. The first kappa shape index (κ1) is 21.5. The van der Waals surface area contributed by atoms with E-state index in [1.807, 2.05) is 0 Å². The maximum absolute atomic E-state index is 12.6. The average molecular weight is 498 g/mol. The van der Waals surface area contributed by atoms with Crippen LogP contribution in [0.1, 0.15) is 6.42 Å². The molecule has 3 amide bonds. The highest BCUT2D eigenvalue weighted by Crippen LogP contribution is 2.30. The lowest BCUT2D eigenvalue weighted by Gasteiger charge is -2.15. The third-order valence-electron chi connectivity index (χ3n) is 4.07. The molecule has 1 aliphatic rings. The molecule has 3 N–H and O–H groups in total. The molecule has 3 rings (SSSR count). The molecule has 0 saturated carbocycles. The fraction of sp³-hybridized carbons (Fsp3) is 0.167. The number of rotatable bonds is 6. The molecule has 1 unspecified atom stereocenters. The Bertz CT molecular complexity index is 1060. The summed E-state index contributed by atoms with van der Waals surface area (Å²) < 4.78 is 23.3. The van der Waals surface area contributed by atoms with Crippen LogP contribution in [0.5, 0.6) is 0 Å². The van der Waals surface area contributed by atoms with Gasteiger partial charge in [0.1, 0.15) is 0 Å². The molecule has 0 aliphatic carbocycles. The van der Waals surface area contributed by atoms with Crippen molar-refractivity contribution in [2.75, 3.05) is 16.0 Å². The van der Waals surface area contributed by atoms with E-state index in [-0.39, 0.29) is 34.8 Å². The average Bonchev–Trinajstić information content (AvgIpc) is 2.94. The minimum absolute atomic E-state index is 0.0237. The van der Waals surface area contributed by atoms with Crippen LogP contribution in [0.3, 0.4) is 0 Å². The molecule has 2 aromatic carbocycles. The van der Waals surface area contributed by atoms with Crippen LogP contribution in [0.4, 0.5) is 11.4 Å². The Hall–Kier alpha value is -2.21. The summed E-state index contributed by atoms with van der Waals surface area (Å²) in [5.41, 5.74) is 0.888. The summed E-state index contributed by atoms with van der Waals surface area (Å²) in [6.07, 6.45) is 0.0237. The summed E-state index contributed by atoms with van der Waals surface area (Å²) in [5.74, 6) is -1.07. The number of hydrogen-bond acceptors (Lipinski definition) is 6. The van der Waals surface area contributed by atoms with Crippen LogP contribution in [0.15, 0.2) is 57.9 Å².